The van der Waals surface area contributed by atoms with Gasteiger partial charge in [-0.3, -0.25) is 0 Å². The molecule has 1 aromatic carbocycles. The second-order valence-corrected chi connectivity index (χ2v) is 4.04. The van der Waals surface area contributed by atoms with E-state index in [0.717, 1.165) is 13.0 Å². The third kappa shape index (κ3) is 2.45. The molecule has 1 aliphatic heterocycles. The smallest absolute Gasteiger partial charge is 0.133 e. The number of hydrogen-bond acceptors (Lipinski definition) is 1. The van der Waals surface area contributed by atoms with Crippen LogP contribution in [-0.2, 0) is 0 Å². The minimum absolute atomic E-state index is 0.105. The first-order valence-corrected chi connectivity index (χ1v) is 5.44. The van der Waals surface area contributed by atoms with Gasteiger partial charge in [0.2, 0.25) is 0 Å². The Bertz CT molecular complexity index is 365. The molecule has 2 rings (SSSR count). The molecule has 0 bridgehead atoms. The van der Waals surface area contributed by atoms with E-state index in [1.54, 1.807) is 13.0 Å². The summed E-state index contributed by atoms with van der Waals surface area (Å²) in [7, 11) is 0. The van der Waals surface area contributed by atoms with Gasteiger partial charge in [0.05, 0.1) is 0 Å². The zero-order valence-electron chi connectivity index (χ0n) is 8.96. The van der Waals surface area contributed by atoms with Gasteiger partial charge < -0.3 is 5.32 Å². The molecule has 2 heteroatoms. The number of rotatable bonds is 2. The molecule has 0 amide bonds. The number of aryl methyl sites for hydroxylation is 1. The van der Waals surface area contributed by atoms with Crippen molar-refractivity contribution >= 4 is 6.08 Å². The lowest BCUT2D eigenvalue weighted by molar-refractivity contribution is 0.615. The van der Waals surface area contributed by atoms with E-state index in [1.807, 2.05) is 18.2 Å². The fourth-order valence-electron chi connectivity index (χ4n) is 1.89. The zero-order chi connectivity index (χ0) is 10.7. The summed E-state index contributed by atoms with van der Waals surface area (Å²) in [6, 6.07) is 5.92. The lowest BCUT2D eigenvalue weighted by Gasteiger charge is -2.04. The molecule has 1 saturated heterocycles. The van der Waals surface area contributed by atoms with Gasteiger partial charge in [0, 0.05) is 11.6 Å². The highest BCUT2D eigenvalue weighted by Crippen LogP contribution is 2.15. The molecule has 0 aromatic heterocycles. The van der Waals surface area contributed by atoms with E-state index in [9.17, 15) is 4.39 Å². The Labute approximate surface area is 90.0 Å². The number of halogens is 1. The van der Waals surface area contributed by atoms with Crippen molar-refractivity contribution in [3.63, 3.8) is 0 Å². The molecule has 1 fully saturated rings. The van der Waals surface area contributed by atoms with Gasteiger partial charge in [-0.1, -0.05) is 30.4 Å². The van der Waals surface area contributed by atoms with Crippen LogP contribution in [0.4, 0.5) is 4.39 Å². The predicted octanol–water partition coefficient (Wildman–Crippen LogP) is 2.90. The highest BCUT2D eigenvalue weighted by atomic mass is 19.1. The van der Waals surface area contributed by atoms with Crippen LogP contribution in [0.3, 0.4) is 0 Å². The first-order chi connectivity index (χ1) is 7.27. The van der Waals surface area contributed by atoms with E-state index in [1.165, 1.54) is 6.42 Å². The topological polar surface area (TPSA) is 12.0 Å². The lowest BCUT2D eigenvalue weighted by atomic mass is 10.1. The molecule has 0 radical (unpaired) electrons. The summed E-state index contributed by atoms with van der Waals surface area (Å²) in [5.74, 6) is -0.105. The van der Waals surface area contributed by atoms with Crippen LogP contribution in [0, 0.1) is 12.7 Å². The third-order valence-electron chi connectivity index (χ3n) is 2.83. The molecule has 0 saturated carbocycles. The van der Waals surface area contributed by atoms with Crippen LogP contribution in [0.15, 0.2) is 24.3 Å². The predicted molar refractivity (Wildman–Crippen MR) is 61.2 cm³/mol. The van der Waals surface area contributed by atoms with Gasteiger partial charge in [0.1, 0.15) is 5.82 Å². The van der Waals surface area contributed by atoms with Crippen LogP contribution in [0.1, 0.15) is 24.0 Å². The van der Waals surface area contributed by atoms with Gasteiger partial charge in [-0.25, -0.2) is 4.39 Å². The number of nitrogens with one attached hydrogen (secondary N) is 1. The fourth-order valence-corrected chi connectivity index (χ4v) is 1.89. The highest BCUT2D eigenvalue weighted by molar-refractivity contribution is 5.52. The van der Waals surface area contributed by atoms with Crippen LogP contribution in [-0.4, -0.2) is 12.6 Å². The molecular weight excluding hydrogens is 189 g/mol. The summed E-state index contributed by atoms with van der Waals surface area (Å²) in [6.45, 7) is 2.87. The van der Waals surface area contributed by atoms with E-state index >= 15 is 0 Å². The quantitative estimate of drug-likeness (QED) is 0.782. The molecule has 15 heavy (non-hydrogen) atoms. The van der Waals surface area contributed by atoms with Gasteiger partial charge in [-0.05, 0) is 31.9 Å². The van der Waals surface area contributed by atoms with E-state index < -0.39 is 0 Å². The average Bonchev–Trinajstić information content (AvgIpc) is 2.73. The van der Waals surface area contributed by atoms with Crippen LogP contribution in [0.5, 0.6) is 0 Å². The van der Waals surface area contributed by atoms with E-state index in [0.29, 0.717) is 17.2 Å². The molecule has 1 atom stereocenters. The first-order valence-electron chi connectivity index (χ1n) is 5.44. The number of hydrogen-bond donors (Lipinski definition) is 1. The molecule has 0 spiro atoms. The van der Waals surface area contributed by atoms with Crippen molar-refractivity contribution in [1.82, 2.24) is 5.32 Å². The van der Waals surface area contributed by atoms with Crippen molar-refractivity contribution in [3.05, 3.63) is 41.2 Å². The fraction of sp³-hybridized carbons (Fsp3) is 0.385. The normalized spacial score (nSPS) is 21.3. The largest absolute Gasteiger partial charge is 0.311 e. The zero-order valence-corrected chi connectivity index (χ0v) is 8.96. The minimum Gasteiger partial charge on any atom is -0.311 e. The van der Waals surface area contributed by atoms with Crippen molar-refractivity contribution in [2.75, 3.05) is 6.54 Å². The van der Waals surface area contributed by atoms with Crippen molar-refractivity contribution in [2.45, 2.75) is 25.8 Å². The molecule has 1 nitrogen and oxygen atoms in total. The maximum Gasteiger partial charge on any atom is 0.133 e. The van der Waals surface area contributed by atoms with Crippen LogP contribution in [0.25, 0.3) is 6.08 Å². The van der Waals surface area contributed by atoms with Gasteiger partial charge >= 0.3 is 0 Å². The second kappa shape index (κ2) is 4.58. The Kier molecular flexibility index (Phi) is 3.17. The summed E-state index contributed by atoms with van der Waals surface area (Å²) in [5.41, 5.74) is 1.39. The minimum atomic E-state index is -0.105. The molecule has 80 valence electrons. The van der Waals surface area contributed by atoms with Crippen LogP contribution in [0.2, 0.25) is 0 Å². The maximum atomic E-state index is 13.6. The molecule has 1 aliphatic rings. The summed E-state index contributed by atoms with van der Waals surface area (Å²) in [6.07, 6.45) is 6.31. The van der Waals surface area contributed by atoms with Gasteiger partial charge in [-0.15, -0.1) is 0 Å². The van der Waals surface area contributed by atoms with Gasteiger partial charge in [-0.2, -0.15) is 0 Å². The molecule has 1 aromatic rings. The third-order valence-corrected chi connectivity index (χ3v) is 2.83. The van der Waals surface area contributed by atoms with Crippen molar-refractivity contribution in [1.29, 1.82) is 0 Å². The summed E-state index contributed by atoms with van der Waals surface area (Å²) in [5, 5.41) is 3.35. The van der Waals surface area contributed by atoms with E-state index in [2.05, 4.69) is 11.4 Å². The van der Waals surface area contributed by atoms with Gasteiger partial charge in [0.15, 0.2) is 0 Å². The summed E-state index contributed by atoms with van der Waals surface area (Å²) < 4.78 is 13.6. The maximum absolute atomic E-state index is 13.6. The first kappa shape index (κ1) is 10.4. The second-order valence-electron chi connectivity index (χ2n) is 4.04. The molecule has 1 N–H and O–H groups in total. The number of benzene rings is 1. The van der Waals surface area contributed by atoms with Crippen molar-refractivity contribution in [2.24, 2.45) is 0 Å². The van der Waals surface area contributed by atoms with E-state index in [4.69, 9.17) is 0 Å². The van der Waals surface area contributed by atoms with E-state index in [-0.39, 0.29) is 5.82 Å². The Morgan fingerprint density at radius 1 is 1.47 bits per heavy atom. The standard InChI is InChI=1S/C13H16FN/c1-10-4-2-5-11(13(10)14)7-8-12-6-3-9-15-12/h2,4-5,7-8,12,15H,3,6,9H2,1H3/b8-7+/t12-/m1/s1. The van der Waals surface area contributed by atoms with Crippen molar-refractivity contribution < 1.29 is 4.39 Å². The molecule has 1 heterocycles. The Morgan fingerprint density at radius 2 is 2.33 bits per heavy atom. The van der Waals surface area contributed by atoms with Crippen LogP contribution >= 0.6 is 0 Å². The Morgan fingerprint density at radius 3 is 3.07 bits per heavy atom. The highest BCUT2D eigenvalue weighted by Gasteiger charge is 2.10. The summed E-state index contributed by atoms with van der Waals surface area (Å²) in [4.78, 5) is 0. The molecular formula is C13H16FN. The van der Waals surface area contributed by atoms with Crippen LogP contribution < -0.4 is 5.32 Å². The Balaban J connectivity index is 2.12. The molecule has 0 aliphatic carbocycles. The SMILES string of the molecule is Cc1cccc(/C=C/[C@H]2CCCN2)c1F. The molecule has 0 unspecified atom stereocenters. The van der Waals surface area contributed by atoms with Gasteiger partial charge in [0.25, 0.3) is 0 Å². The Hall–Kier alpha value is -1.15. The van der Waals surface area contributed by atoms with Crippen molar-refractivity contribution in [3.8, 4) is 0 Å². The average molecular weight is 205 g/mol. The summed E-state index contributed by atoms with van der Waals surface area (Å²) >= 11 is 0. The lowest BCUT2D eigenvalue weighted by Crippen LogP contribution is -2.18. The monoisotopic (exact) mass is 205 g/mol.